The van der Waals surface area contributed by atoms with E-state index in [0.717, 1.165) is 12.8 Å². The average Bonchev–Trinajstić information content (AvgIpc) is 3.21. The molecule has 0 aromatic heterocycles. The zero-order chi connectivity index (χ0) is 48.4. The maximum Gasteiger partial charge on any atom is 0.311 e. The molecule has 3 aliphatic rings. The van der Waals surface area contributed by atoms with Gasteiger partial charge < -0.3 is 80.9 Å². The van der Waals surface area contributed by atoms with E-state index in [1.54, 1.807) is 38.2 Å². The molecule has 3 rings (SSSR count). The summed E-state index contributed by atoms with van der Waals surface area (Å²) in [5, 5.41) is 118. The van der Waals surface area contributed by atoms with Crippen molar-refractivity contribution in [3.63, 3.8) is 0 Å². The molecule has 18 nitrogen and oxygen atoms in total. The van der Waals surface area contributed by atoms with Gasteiger partial charge in [0.2, 0.25) is 0 Å². The van der Waals surface area contributed by atoms with Gasteiger partial charge in [-0.3, -0.25) is 9.59 Å². The maximum absolute atomic E-state index is 12.6. The predicted octanol–water partition coefficient (Wildman–Crippen LogP) is 0.936. The van der Waals surface area contributed by atoms with Gasteiger partial charge in [-0.2, -0.15) is 0 Å². The first-order chi connectivity index (χ1) is 30.6. The van der Waals surface area contributed by atoms with E-state index in [2.05, 4.69) is 0 Å². The fourth-order valence-corrected chi connectivity index (χ4v) is 8.11. The molecule has 0 amide bonds. The minimum atomic E-state index is -2.35. The number of ether oxygens (including phenoxy) is 4. The molecule has 2 bridgehead atoms. The van der Waals surface area contributed by atoms with E-state index in [0.29, 0.717) is 0 Å². The molecule has 0 aromatic rings. The monoisotopic (exact) mass is 926 g/mol. The van der Waals surface area contributed by atoms with Crippen molar-refractivity contribution >= 4 is 11.9 Å². The number of nitrogens with two attached hydrogens (primary N) is 1. The van der Waals surface area contributed by atoms with E-state index < -0.39 is 141 Å². The smallest absolute Gasteiger partial charge is 0.311 e. The number of cyclic esters (lactones) is 1. The van der Waals surface area contributed by atoms with Crippen molar-refractivity contribution < 1.29 is 84.7 Å². The summed E-state index contributed by atoms with van der Waals surface area (Å²) < 4.78 is 23.2. The van der Waals surface area contributed by atoms with E-state index in [4.69, 9.17) is 24.7 Å². The number of aliphatic hydroxyl groups is 10. The third kappa shape index (κ3) is 18.8. The van der Waals surface area contributed by atoms with Gasteiger partial charge >= 0.3 is 11.9 Å². The van der Waals surface area contributed by atoms with Gasteiger partial charge in [0.05, 0.1) is 79.6 Å². The Hall–Kier alpha value is -3.18. The second-order valence-corrected chi connectivity index (χ2v) is 17.8. The van der Waals surface area contributed by atoms with Gasteiger partial charge in [0.1, 0.15) is 18.1 Å². The second kappa shape index (κ2) is 27.6. The normalized spacial score (nSPS) is 45.2. The fraction of sp³-hybridized carbons (Fsp3) is 0.702. The number of aliphatic hydroxyl groups excluding tert-OH is 9. The molecule has 0 aliphatic carbocycles. The lowest BCUT2D eigenvalue weighted by atomic mass is 9.82. The van der Waals surface area contributed by atoms with Gasteiger partial charge in [0.25, 0.3) is 0 Å². The van der Waals surface area contributed by atoms with Crippen molar-refractivity contribution in [2.24, 2.45) is 23.5 Å². The number of aliphatic carboxylic acids is 1. The van der Waals surface area contributed by atoms with Crippen LogP contribution in [0.15, 0.2) is 72.9 Å². The molecular formula is C47H75NO17. The first-order valence-electron chi connectivity index (χ1n) is 22.6. The topological polar surface area (TPSA) is 320 Å². The predicted molar refractivity (Wildman–Crippen MR) is 237 cm³/mol. The number of hydrogen-bond acceptors (Lipinski definition) is 17. The quantitative estimate of drug-likeness (QED) is 0.175. The molecule has 0 aromatic carbocycles. The molecule has 3 heterocycles. The average molecular weight is 926 g/mol. The molecule has 18 heteroatoms. The molecule has 370 valence electrons. The Bertz CT molecular complexity index is 1620. The zero-order valence-electron chi connectivity index (χ0n) is 37.8. The molecule has 0 radical (unpaired) electrons. The third-order valence-electron chi connectivity index (χ3n) is 12.2. The van der Waals surface area contributed by atoms with Crippen LogP contribution in [0.5, 0.6) is 0 Å². The SMILES string of the molecule is CC1OC(OC2/C=C/C=C/C=C/C=C/CC/C=C\C=C\[C@H](C)[C@@H](O)[C@@H](C)[C@H](C)OC(=O)CC(O)CC(O)CC(O)CCC(O)C(O)C[C@]3(O)CC(O)C(C(=O)O)C(C2)O3)C(O)C(N)C1O. The fourth-order valence-electron chi connectivity index (χ4n) is 8.11. The van der Waals surface area contributed by atoms with E-state index in [1.165, 1.54) is 13.0 Å². The molecule has 2 saturated heterocycles. The molecule has 0 spiro atoms. The summed E-state index contributed by atoms with van der Waals surface area (Å²) in [5.74, 6) is -6.82. The summed E-state index contributed by atoms with van der Waals surface area (Å²) in [5.41, 5.74) is 6.02. The number of esters is 1. The summed E-state index contributed by atoms with van der Waals surface area (Å²) in [6.45, 7) is 6.78. The zero-order valence-corrected chi connectivity index (χ0v) is 37.8. The molecule has 2 fully saturated rings. The van der Waals surface area contributed by atoms with Gasteiger partial charge in [-0.05, 0) is 52.4 Å². The van der Waals surface area contributed by atoms with Crippen molar-refractivity contribution in [1.82, 2.24) is 0 Å². The van der Waals surface area contributed by atoms with E-state index >= 15 is 0 Å². The number of carboxylic acids is 1. The van der Waals surface area contributed by atoms with Crippen molar-refractivity contribution in [2.75, 3.05) is 0 Å². The first-order valence-corrected chi connectivity index (χ1v) is 22.6. The number of rotatable bonds is 3. The Balaban J connectivity index is 1.84. The number of fused-ring (bicyclic) bond motifs is 2. The highest BCUT2D eigenvalue weighted by Crippen LogP contribution is 2.38. The Morgan fingerprint density at radius 1 is 0.692 bits per heavy atom. The van der Waals surface area contributed by atoms with Crippen LogP contribution < -0.4 is 5.73 Å². The van der Waals surface area contributed by atoms with E-state index in [1.807, 2.05) is 49.5 Å². The van der Waals surface area contributed by atoms with Crippen molar-refractivity contribution in [2.45, 2.75) is 189 Å². The van der Waals surface area contributed by atoms with Crippen LogP contribution in [-0.2, 0) is 28.5 Å². The summed E-state index contributed by atoms with van der Waals surface area (Å²) in [4.78, 5) is 25.1. The van der Waals surface area contributed by atoms with Crippen LogP contribution in [0, 0.1) is 17.8 Å². The highest BCUT2D eigenvalue weighted by Gasteiger charge is 2.51. The highest BCUT2D eigenvalue weighted by atomic mass is 16.7. The summed E-state index contributed by atoms with van der Waals surface area (Å²) in [6.07, 6.45) is 2.28. The minimum Gasteiger partial charge on any atom is -0.481 e. The van der Waals surface area contributed by atoms with Gasteiger partial charge in [0, 0.05) is 31.1 Å². The van der Waals surface area contributed by atoms with Gasteiger partial charge in [-0.25, -0.2) is 0 Å². The van der Waals surface area contributed by atoms with Crippen molar-refractivity contribution in [3.8, 4) is 0 Å². The number of carbonyl (C=O) groups excluding carboxylic acids is 1. The number of carbonyl (C=O) groups is 2. The number of carboxylic acid groups (broad SMARTS) is 1. The standard InChI is InChI=1S/C47H75NO17/c1-27-17-15-13-11-9-7-5-6-8-10-12-14-16-18-34(64-46-44(58)41(48)43(57)30(4)63-46)24-38-40(45(59)60)37(54)26-47(61,65-38)25-36(53)35(52)20-19-31(49)21-32(50)22-33(51)23-39(55)62-29(3)28(2)42(27)56/h5-6,8,10-18,27-38,40-44,46,49-54,56-58,61H,7,9,19-26,48H2,1-4H3,(H,59,60)/b6-5+,10-8+,13-11-,14-12+,17-15+,18-16+/t27-,28-,29-,30?,31?,32?,33?,34?,35?,36?,37?,38?,40?,41?,42+,43?,44?,46?,47+/m0/s1. The maximum atomic E-state index is 12.6. The third-order valence-corrected chi connectivity index (χ3v) is 12.2. The Labute approximate surface area is 381 Å². The van der Waals surface area contributed by atoms with Crippen molar-refractivity contribution in [3.05, 3.63) is 72.9 Å². The summed E-state index contributed by atoms with van der Waals surface area (Å²) in [6, 6.07) is -1.14. The molecule has 65 heavy (non-hydrogen) atoms. The lowest BCUT2D eigenvalue weighted by molar-refractivity contribution is -0.310. The van der Waals surface area contributed by atoms with Crippen LogP contribution in [0.4, 0.5) is 0 Å². The second-order valence-electron chi connectivity index (χ2n) is 17.8. The Morgan fingerprint density at radius 3 is 1.94 bits per heavy atom. The molecule has 0 saturated carbocycles. The van der Waals surface area contributed by atoms with Gasteiger partial charge in [-0.15, -0.1) is 0 Å². The molecule has 13 N–H and O–H groups in total. The summed E-state index contributed by atoms with van der Waals surface area (Å²) in [7, 11) is 0. The van der Waals surface area contributed by atoms with Crippen LogP contribution in [0.1, 0.15) is 91.9 Å². The number of hydrogen-bond donors (Lipinski definition) is 12. The molecule has 3 aliphatic heterocycles. The van der Waals surface area contributed by atoms with Gasteiger partial charge in [0.15, 0.2) is 12.1 Å². The Kier molecular flexibility index (Phi) is 23.8. The minimum absolute atomic E-state index is 0.138. The van der Waals surface area contributed by atoms with E-state index in [-0.39, 0.29) is 38.0 Å². The van der Waals surface area contributed by atoms with Crippen molar-refractivity contribution in [1.29, 1.82) is 0 Å². The van der Waals surface area contributed by atoms with E-state index in [9.17, 15) is 65.8 Å². The highest BCUT2D eigenvalue weighted by molar-refractivity contribution is 5.71. The lowest BCUT2D eigenvalue weighted by Gasteiger charge is -2.45. The van der Waals surface area contributed by atoms with Crippen LogP contribution in [0.3, 0.4) is 0 Å². The van der Waals surface area contributed by atoms with Gasteiger partial charge in [-0.1, -0.05) is 86.8 Å². The molecular weight excluding hydrogens is 851 g/mol. The molecule has 19 atom stereocenters. The number of allylic oxidation sites excluding steroid dienone is 10. The lowest BCUT2D eigenvalue weighted by Crippen LogP contribution is -2.61. The van der Waals surface area contributed by atoms with Crippen LogP contribution in [-0.4, -0.2) is 166 Å². The van der Waals surface area contributed by atoms with Crippen LogP contribution in [0.25, 0.3) is 0 Å². The first kappa shape index (κ1) is 56.1. The molecule has 14 unspecified atom stereocenters. The Morgan fingerprint density at radius 2 is 1.28 bits per heavy atom. The summed E-state index contributed by atoms with van der Waals surface area (Å²) >= 11 is 0. The largest absolute Gasteiger partial charge is 0.481 e. The van der Waals surface area contributed by atoms with Crippen LogP contribution in [0.2, 0.25) is 0 Å². The van der Waals surface area contributed by atoms with Crippen LogP contribution >= 0.6 is 0 Å².